The summed E-state index contributed by atoms with van der Waals surface area (Å²) in [7, 11) is 1.68. The van der Waals surface area contributed by atoms with Gasteiger partial charge in [0.2, 0.25) is 0 Å². The number of guanidine groups is 1. The minimum absolute atomic E-state index is 0.179. The zero-order chi connectivity index (χ0) is 16.8. The van der Waals surface area contributed by atoms with Crippen LogP contribution in [0.4, 0.5) is 4.39 Å². The van der Waals surface area contributed by atoms with Crippen molar-refractivity contribution in [1.29, 1.82) is 0 Å². The molecule has 6 nitrogen and oxygen atoms in total. The van der Waals surface area contributed by atoms with E-state index >= 15 is 0 Å². The Balaban J connectivity index is 1.63. The van der Waals surface area contributed by atoms with Crippen LogP contribution in [-0.4, -0.2) is 24.8 Å². The lowest BCUT2D eigenvalue weighted by Gasteiger charge is -2.21. The molecule has 1 aliphatic rings. The number of nitrogens with zero attached hydrogens (tertiary/aromatic N) is 2. The quantitative estimate of drug-likeness (QED) is 0.662. The molecule has 3 rings (SSSR count). The Labute approximate surface area is 139 Å². The average molecular weight is 330 g/mol. The summed E-state index contributed by atoms with van der Waals surface area (Å²) < 4.78 is 24.4. The SMILES string of the molecule is CN=C(NCc1ccccn1)NCc1cc(F)cc2c1OCOC2. The van der Waals surface area contributed by atoms with Crippen LogP contribution in [0, 0.1) is 5.82 Å². The normalized spacial score (nSPS) is 13.8. The van der Waals surface area contributed by atoms with Crippen molar-refractivity contribution in [3.8, 4) is 5.75 Å². The highest BCUT2D eigenvalue weighted by Crippen LogP contribution is 2.29. The topological polar surface area (TPSA) is 67.8 Å². The fourth-order valence-corrected chi connectivity index (χ4v) is 2.46. The first-order valence-corrected chi connectivity index (χ1v) is 7.62. The summed E-state index contributed by atoms with van der Waals surface area (Å²) in [6, 6.07) is 8.62. The zero-order valence-electron chi connectivity index (χ0n) is 13.4. The second-order valence-corrected chi connectivity index (χ2v) is 5.26. The second-order valence-electron chi connectivity index (χ2n) is 5.26. The fraction of sp³-hybridized carbons (Fsp3) is 0.294. The first-order chi connectivity index (χ1) is 11.8. The zero-order valence-corrected chi connectivity index (χ0v) is 13.4. The molecule has 2 aromatic rings. The van der Waals surface area contributed by atoms with Crippen molar-refractivity contribution in [3.63, 3.8) is 0 Å². The number of fused-ring (bicyclic) bond motifs is 1. The predicted octanol–water partition coefficient (Wildman–Crippen LogP) is 1.95. The van der Waals surface area contributed by atoms with Gasteiger partial charge in [0, 0.05) is 30.9 Å². The third kappa shape index (κ3) is 3.99. The molecule has 126 valence electrons. The van der Waals surface area contributed by atoms with E-state index in [0.717, 1.165) is 16.8 Å². The Morgan fingerprint density at radius 2 is 2.17 bits per heavy atom. The van der Waals surface area contributed by atoms with Crippen LogP contribution in [0.25, 0.3) is 0 Å². The molecule has 0 bridgehead atoms. The van der Waals surface area contributed by atoms with E-state index in [1.807, 2.05) is 18.2 Å². The molecule has 1 aromatic carbocycles. The molecule has 0 saturated heterocycles. The summed E-state index contributed by atoms with van der Waals surface area (Å²) in [6.45, 7) is 1.47. The van der Waals surface area contributed by atoms with Crippen LogP contribution < -0.4 is 15.4 Å². The van der Waals surface area contributed by atoms with Gasteiger partial charge in [0.15, 0.2) is 12.8 Å². The minimum atomic E-state index is -0.309. The highest BCUT2D eigenvalue weighted by atomic mass is 19.1. The number of benzene rings is 1. The number of ether oxygens (including phenoxy) is 2. The van der Waals surface area contributed by atoms with Crippen LogP contribution in [0.1, 0.15) is 16.8 Å². The molecule has 0 aliphatic carbocycles. The molecule has 7 heteroatoms. The van der Waals surface area contributed by atoms with Crippen molar-refractivity contribution >= 4 is 5.96 Å². The average Bonchev–Trinajstić information content (AvgIpc) is 2.62. The molecule has 0 radical (unpaired) electrons. The van der Waals surface area contributed by atoms with Crippen molar-refractivity contribution < 1.29 is 13.9 Å². The fourth-order valence-electron chi connectivity index (χ4n) is 2.46. The number of aromatic nitrogens is 1. The summed E-state index contributed by atoms with van der Waals surface area (Å²) in [5, 5.41) is 6.32. The number of hydrogen-bond donors (Lipinski definition) is 2. The number of nitrogens with one attached hydrogen (secondary N) is 2. The van der Waals surface area contributed by atoms with Crippen molar-refractivity contribution in [2.45, 2.75) is 19.7 Å². The van der Waals surface area contributed by atoms with Gasteiger partial charge in [0.25, 0.3) is 0 Å². The van der Waals surface area contributed by atoms with Gasteiger partial charge in [-0.2, -0.15) is 0 Å². The van der Waals surface area contributed by atoms with Crippen molar-refractivity contribution in [3.05, 3.63) is 59.2 Å². The lowest BCUT2D eigenvalue weighted by Crippen LogP contribution is -2.36. The molecule has 0 atom stereocenters. The van der Waals surface area contributed by atoms with E-state index in [9.17, 15) is 4.39 Å². The number of pyridine rings is 1. The Bertz CT molecular complexity index is 722. The van der Waals surface area contributed by atoms with Crippen LogP contribution in [0.5, 0.6) is 5.75 Å². The highest BCUT2D eigenvalue weighted by Gasteiger charge is 2.17. The number of halogens is 1. The van der Waals surface area contributed by atoms with Crippen LogP contribution >= 0.6 is 0 Å². The van der Waals surface area contributed by atoms with E-state index in [2.05, 4.69) is 20.6 Å². The van der Waals surface area contributed by atoms with Gasteiger partial charge < -0.3 is 20.1 Å². The third-order valence-corrected chi connectivity index (χ3v) is 3.58. The molecule has 1 aliphatic heterocycles. The summed E-state index contributed by atoms with van der Waals surface area (Å²) in [6.07, 6.45) is 1.74. The van der Waals surface area contributed by atoms with E-state index in [1.165, 1.54) is 12.1 Å². The van der Waals surface area contributed by atoms with Gasteiger partial charge in [-0.15, -0.1) is 0 Å². The maximum Gasteiger partial charge on any atom is 0.191 e. The minimum Gasteiger partial charge on any atom is -0.467 e. The Kier molecular flexibility index (Phi) is 5.22. The standard InChI is InChI=1S/C17H19FN4O2/c1-19-17(22-9-15-4-2-3-5-20-15)21-8-12-6-14(18)7-13-10-23-11-24-16(12)13/h2-7H,8-11H2,1H3,(H2,19,21,22). The molecule has 0 fully saturated rings. The Morgan fingerprint density at radius 3 is 2.96 bits per heavy atom. The molecule has 2 heterocycles. The maximum absolute atomic E-state index is 13.7. The first kappa shape index (κ1) is 16.2. The van der Waals surface area contributed by atoms with Gasteiger partial charge in [-0.1, -0.05) is 6.07 Å². The lowest BCUT2D eigenvalue weighted by atomic mass is 10.1. The van der Waals surface area contributed by atoms with Gasteiger partial charge in [-0.05, 0) is 24.3 Å². The van der Waals surface area contributed by atoms with E-state index in [-0.39, 0.29) is 12.6 Å². The molecule has 0 unspecified atom stereocenters. The van der Waals surface area contributed by atoms with Crippen molar-refractivity contribution in [2.75, 3.05) is 13.8 Å². The monoisotopic (exact) mass is 330 g/mol. The van der Waals surface area contributed by atoms with Crippen molar-refractivity contribution in [2.24, 2.45) is 4.99 Å². The summed E-state index contributed by atoms with van der Waals surface area (Å²) in [4.78, 5) is 8.40. The van der Waals surface area contributed by atoms with E-state index < -0.39 is 0 Å². The van der Waals surface area contributed by atoms with Crippen LogP contribution in [0.2, 0.25) is 0 Å². The molecule has 0 spiro atoms. The van der Waals surface area contributed by atoms with Gasteiger partial charge in [0.05, 0.1) is 18.8 Å². The third-order valence-electron chi connectivity index (χ3n) is 3.58. The van der Waals surface area contributed by atoms with E-state index in [4.69, 9.17) is 9.47 Å². The van der Waals surface area contributed by atoms with Crippen LogP contribution in [0.3, 0.4) is 0 Å². The predicted molar refractivity (Wildman–Crippen MR) is 88.0 cm³/mol. The number of hydrogen-bond acceptors (Lipinski definition) is 4. The summed E-state index contributed by atoms with van der Waals surface area (Å²) in [5.74, 6) is 0.970. The molecule has 1 aromatic heterocycles. The molecule has 24 heavy (non-hydrogen) atoms. The Morgan fingerprint density at radius 1 is 1.29 bits per heavy atom. The molecule has 0 amide bonds. The smallest absolute Gasteiger partial charge is 0.191 e. The molecule has 2 N–H and O–H groups in total. The highest BCUT2D eigenvalue weighted by molar-refractivity contribution is 5.79. The van der Waals surface area contributed by atoms with Gasteiger partial charge in [-0.3, -0.25) is 9.98 Å². The van der Waals surface area contributed by atoms with Crippen molar-refractivity contribution in [1.82, 2.24) is 15.6 Å². The molecule has 0 saturated carbocycles. The molecular formula is C17H19FN4O2. The number of aliphatic imine (C=N–C) groups is 1. The summed E-state index contributed by atoms with van der Waals surface area (Å²) >= 11 is 0. The second kappa shape index (κ2) is 7.74. The lowest BCUT2D eigenvalue weighted by molar-refractivity contribution is -0.0172. The number of rotatable bonds is 4. The van der Waals surface area contributed by atoms with E-state index in [0.29, 0.717) is 31.4 Å². The largest absolute Gasteiger partial charge is 0.467 e. The van der Waals surface area contributed by atoms with Gasteiger partial charge in [-0.25, -0.2) is 4.39 Å². The Hall–Kier alpha value is -2.67. The van der Waals surface area contributed by atoms with Crippen LogP contribution in [-0.2, 0) is 24.4 Å². The molecular weight excluding hydrogens is 311 g/mol. The van der Waals surface area contributed by atoms with Gasteiger partial charge >= 0.3 is 0 Å². The summed E-state index contributed by atoms with van der Waals surface area (Å²) in [5.41, 5.74) is 2.35. The van der Waals surface area contributed by atoms with Gasteiger partial charge in [0.1, 0.15) is 11.6 Å². The van der Waals surface area contributed by atoms with Crippen LogP contribution in [0.15, 0.2) is 41.5 Å². The van der Waals surface area contributed by atoms with E-state index in [1.54, 1.807) is 13.2 Å². The maximum atomic E-state index is 13.7. The first-order valence-electron chi connectivity index (χ1n) is 7.62.